The van der Waals surface area contributed by atoms with Gasteiger partial charge in [-0.25, -0.2) is 8.42 Å². The molecule has 0 spiro atoms. The van der Waals surface area contributed by atoms with Gasteiger partial charge in [-0.3, -0.25) is 4.98 Å². The zero-order valence-corrected chi connectivity index (χ0v) is 16.4. The number of halogens is 2. The highest BCUT2D eigenvalue weighted by atomic mass is 35.5. The molecule has 1 aromatic heterocycles. The fraction of sp³-hybridized carbons (Fsp3) is 0.421. The molecule has 134 valence electrons. The lowest BCUT2D eigenvalue weighted by Crippen LogP contribution is -2.14. The van der Waals surface area contributed by atoms with E-state index in [0.717, 1.165) is 31.2 Å². The van der Waals surface area contributed by atoms with E-state index in [2.05, 4.69) is 11.9 Å². The van der Waals surface area contributed by atoms with E-state index in [1.54, 1.807) is 30.3 Å². The van der Waals surface area contributed by atoms with Crippen LogP contribution in [0, 0.1) is 11.8 Å². The number of hydrogen-bond acceptors (Lipinski definition) is 3. The molecule has 2 unspecified atom stereocenters. The maximum atomic E-state index is 12.7. The second kappa shape index (κ2) is 7.65. The highest BCUT2D eigenvalue weighted by Crippen LogP contribution is 2.35. The summed E-state index contributed by atoms with van der Waals surface area (Å²) in [6.07, 6.45) is 5.85. The van der Waals surface area contributed by atoms with Crippen LogP contribution in [0.25, 0.3) is 11.3 Å². The van der Waals surface area contributed by atoms with E-state index >= 15 is 0 Å². The Balaban J connectivity index is 1.77. The molecule has 2 aromatic rings. The molecular weight excluding hydrogens is 377 g/mol. The van der Waals surface area contributed by atoms with Crippen molar-refractivity contribution in [3.05, 3.63) is 46.6 Å². The Morgan fingerprint density at radius 1 is 1.12 bits per heavy atom. The molecule has 0 aliphatic heterocycles. The van der Waals surface area contributed by atoms with Crippen LogP contribution in [-0.4, -0.2) is 19.2 Å². The number of benzene rings is 1. The van der Waals surface area contributed by atoms with Gasteiger partial charge in [0.2, 0.25) is 0 Å². The van der Waals surface area contributed by atoms with Crippen LogP contribution in [0.4, 0.5) is 0 Å². The van der Waals surface area contributed by atoms with Crippen molar-refractivity contribution in [3.63, 3.8) is 0 Å². The standard InChI is InChI=1S/C19H21Cl2NO2S/c1-2-13-3-4-14(9-13)12-25(23,24)17-7-5-15(6-8-17)19-18(21)10-16(20)11-22-19/h5-8,10-11,13-14H,2-4,9,12H2,1H3. The van der Waals surface area contributed by atoms with Gasteiger partial charge in [0.15, 0.2) is 9.84 Å². The molecule has 1 aromatic carbocycles. The van der Waals surface area contributed by atoms with E-state index in [1.807, 2.05) is 0 Å². The van der Waals surface area contributed by atoms with Crippen LogP contribution >= 0.6 is 23.2 Å². The quantitative estimate of drug-likeness (QED) is 0.653. The van der Waals surface area contributed by atoms with E-state index in [9.17, 15) is 8.42 Å². The third kappa shape index (κ3) is 4.36. The molecule has 0 amide bonds. The van der Waals surface area contributed by atoms with Crippen molar-refractivity contribution in [1.29, 1.82) is 0 Å². The first-order valence-corrected chi connectivity index (χ1v) is 10.9. The number of pyridine rings is 1. The Hall–Kier alpha value is -1.10. The minimum Gasteiger partial charge on any atom is -0.253 e. The van der Waals surface area contributed by atoms with Crippen LogP contribution in [0.3, 0.4) is 0 Å². The summed E-state index contributed by atoms with van der Waals surface area (Å²) in [5, 5.41) is 0.912. The minimum absolute atomic E-state index is 0.239. The topological polar surface area (TPSA) is 47.0 Å². The third-order valence-corrected chi connectivity index (χ3v) is 7.37. The largest absolute Gasteiger partial charge is 0.253 e. The molecule has 25 heavy (non-hydrogen) atoms. The second-order valence-corrected chi connectivity index (χ2v) is 9.62. The Morgan fingerprint density at radius 3 is 2.40 bits per heavy atom. The summed E-state index contributed by atoms with van der Waals surface area (Å²) in [6.45, 7) is 2.18. The zero-order valence-electron chi connectivity index (χ0n) is 14.1. The van der Waals surface area contributed by atoms with Crippen LogP contribution in [-0.2, 0) is 9.84 Å². The Labute approximate surface area is 159 Å². The highest BCUT2D eigenvalue weighted by molar-refractivity contribution is 7.91. The molecule has 1 heterocycles. The van der Waals surface area contributed by atoms with Gasteiger partial charge < -0.3 is 0 Å². The van der Waals surface area contributed by atoms with E-state index in [-0.39, 0.29) is 11.7 Å². The van der Waals surface area contributed by atoms with Crippen molar-refractivity contribution in [2.45, 2.75) is 37.5 Å². The van der Waals surface area contributed by atoms with Crippen molar-refractivity contribution >= 4 is 33.0 Å². The summed E-state index contributed by atoms with van der Waals surface area (Å²) in [4.78, 5) is 4.59. The number of sulfone groups is 1. The summed E-state index contributed by atoms with van der Waals surface area (Å²) < 4.78 is 25.4. The van der Waals surface area contributed by atoms with Gasteiger partial charge >= 0.3 is 0 Å². The molecule has 1 fully saturated rings. The lowest BCUT2D eigenvalue weighted by Gasteiger charge is -2.12. The average molecular weight is 398 g/mol. The van der Waals surface area contributed by atoms with Gasteiger partial charge in [0.05, 0.1) is 26.4 Å². The van der Waals surface area contributed by atoms with Crippen LogP contribution in [0.2, 0.25) is 10.0 Å². The summed E-state index contributed by atoms with van der Waals surface area (Å²) in [5.74, 6) is 1.20. The first-order valence-electron chi connectivity index (χ1n) is 8.53. The van der Waals surface area contributed by atoms with Crippen LogP contribution < -0.4 is 0 Å². The molecule has 0 bridgehead atoms. The normalized spacial score (nSPS) is 20.8. The number of aromatic nitrogens is 1. The van der Waals surface area contributed by atoms with Crippen molar-refractivity contribution in [2.75, 3.05) is 5.75 Å². The number of hydrogen-bond donors (Lipinski definition) is 0. The fourth-order valence-corrected chi connectivity index (χ4v) is 5.71. The molecule has 1 aliphatic carbocycles. The van der Waals surface area contributed by atoms with E-state index in [4.69, 9.17) is 23.2 Å². The zero-order chi connectivity index (χ0) is 18.0. The summed E-state index contributed by atoms with van der Waals surface area (Å²) in [7, 11) is -3.27. The first-order chi connectivity index (χ1) is 11.9. The Kier molecular flexibility index (Phi) is 5.71. The molecule has 0 radical (unpaired) electrons. The van der Waals surface area contributed by atoms with Gasteiger partial charge in [0.1, 0.15) is 0 Å². The van der Waals surface area contributed by atoms with Gasteiger partial charge in [-0.15, -0.1) is 0 Å². The van der Waals surface area contributed by atoms with Crippen molar-refractivity contribution in [2.24, 2.45) is 11.8 Å². The molecule has 0 N–H and O–H groups in total. The van der Waals surface area contributed by atoms with Gasteiger partial charge in [-0.05, 0) is 42.9 Å². The third-order valence-electron chi connectivity index (χ3n) is 4.98. The van der Waals surface area contributed by atoms with E-state index in [1.165, 1.54) is 6.20 Å². The smallest absolute Gasteiger partial charge is 0.178 e. The Morgan fingerprint density at radius 2 is 1.80 bits per heavy atom. The molecule has 1 saturated carbocycles. The predicted molar refractivity (Wildman–Crippen MR) is 103 cm³/mol. The SMILES string of the molecule is CCC1CCC(CS(=O)(=O)c2ccc(-c3ncc(Cl)cc3Cl)cc2)C1. The molecule has 0 saturated heterocycles. The van der Waals surface area contributed by atoms with Crippen LogP contribution in [0.15, 0.2) is 41.4 Å². The molecule has 3 rings (SSSR count). The van der Waals surface area contributed by atoms with Crippen LogP contribution in [0.1, 0.15) is 32.6 Å². The van der Waals surface area contributed by atoms with Crippen molar-refractivity contribution in [1.82, 2.24) is 4.98 Å². The molecule has 2 atom stereocenters. The van der Waals surface area contributed by atoms with Crippen molar-refractivity contribution in [3.8, 4) is 11.3 Å². The fourth-order valence-electron chi connectivity index (χ4n) is 3.55. The van der Waals surface area contributed by atoms with Gasteiger partial charge in [-0.1, -0.05) is 55.1 Å². The molecule has 1 aliphatic rings. The van der Waals surface area contributed by atoms with Gasteiger partial charge in [0.25, 0.3) is 0 Å². The van der Waals surface area contributed by atoms with Crippen molar-refractivity contribution < 1.29 is 8.42 Å². The van der Waals surface area contributed by atoms with Gasteiger partial charge in [0, 0.05) is 11.8 Å². The average Bonchev–Trinajstić information content (AvgIpc) is 3.02. The lowest BCUT2D eigenvalue weighted by atomic mass is 10.0. The lowest BCUT2D eigenvalue weighted by molar-refractivity contribution is 0.497. The van der Waals surface area contributed by atoms with Crippen LogP contribution in [0.5, 0.6) is 0 Å². The van der Waals surface area contributed by atoms with E-state index in [0.29, 0.717) is 26.6 Å². The predicted octanol–water partition coefficient (Wildman–Crippen LogP) is 5.66. The second-order valence-electron chi connectivity index (χ2n) is 6.74. The molecule has 6 heteroatoms. The monoisotopic (exact) mass is 397 g/mol. The maximum Gasteiger partial charge on any atom is 0.178 e. The molecule has 3 nitrogen and oxygen atoms in total. The number of rotatable bonds is 5. The summed E-state index contributed by atoms with van der Waals surface area (Å²) in [5.41, 5.74) is 1.36. The van der Waals surface area contributed by atoms with E-state index < -0.39 is 9.84 Å². The van der Waals surface area contributed by atoms with Gasteiger partial charge in [-0.2, -0.15) is 0 Å². The maximum absolute atomic E-state index is 12.7. The first kappa shape index (κ1) is 18.7. The summed E-state index contributed by atoms with van der Waals surface area (Å²) >= 11 is 12.0. The number of nitrogens with zero attached hydrogens (tertiary/aromatic N) is 1. The Bertz CT molecular complexity index is 850. The minimum atomic E-state index is -3.27. The summed E-state index contributed by atoms with van der Waals surface area (Å²) in [6, 6.07) is 8.41. The highest BCUT2D eigenvalue weighted by Gasteiger charge is 2.28. The molecular formula is C19H21Cl2NO2S.